The van der Waals surface area contributed by atoms with Crippen molar-refractivity contribution in [3.05, 3.63) is 66.2 Å². The molecule has 3 aromatic rings. The van der Waals surface area contributed by atoms with Crippen LogP contribution in [0.25, 0.3) is 11.3 Å². The number of carbonyl (C=O) groups is 2. The largest absolute Gasteiger partial charge is 0.468 e. The molecular weight excluding hydrogens is 393 g/mol. The fraction of sp³-hybridized carbons (Fsp3) is 0.143. The zero-order chi connectivity index (χ0) is 21.5. The Bertz CT molecular complexity index is 1040. The van der Waals surface area contributed by atoms with Gasteiger partial charge < -0.3 is 19.5 Å². The molecular formula is C21H18FN3O5. The molecule has 2 aromatic carbocycles. The van der Waals surface area contributed by atoms with Crippen molar-refractivity contribution in [2.45, 2.75) is 0 Å². The number of anilines is 1. The van der Waals surface area contributed by atoms with Crippen molar-refractivity contribution in [2.75, 3.05) is 26.1 Å². The normalized spacial score (nSPS) is 10.2. The number of methoxy groups -OCH3 is 2. The van der Waals surface area contributed by atoms with E-state index in [9.17, 15) is 14.0 Å². The third-order valence-corrected chi connectivity index (χ3v) is 3.94. The number of rotatable bonds is 7. The maximum Gasteiger partial charge on any atom is 0.376 e. The third-order valence-electron chi connectivity index (χ3n) is 3.94. The van der Waals surface area contributed by atoms with Crippen LogP contribution in [0.5, 0.6) is 11.5 Å². The van der Waals surface area contributed by atoms with E-state index >= 15 is 0 Å². The fourth-order valence-corrected chi connectivity index (χ4v) is 2.44. The zero-order valence-electron chi connectivity index (χ0n) is 16.2. The van der Waals surface area contributed by atoms with Gasteiger partial charge in [-0.2, -0.15) is 0 Å². The lowest BCUT2D eigenvalue weighted by Gasteiger charge is -2.10. The first-order valence-corrected chi connectivity index (χ1v) is 8.80. The van der Waals surface area contributed by atoms with Crippen LogP contribution in [0.2, 0.25) is 0 Å². The Morgan fingerprint density at radius 3 is 2.17 bits per heavy atom. The smallest absolute Gasteiger partial charge is 0.376 e. The summed E-state index contributed by atoms with van der Waals surface area (Å²) < 4.78 is 27.9. The van der Waals surface area contributed by atoms with E-state index in [2.05, 4.69) is 20.0 Å². The Morgan fingerprint density at radius 1 is 0.933 bits per heavy atom. The molecule has 0 saturated heterocycles. The number of esters is 2. The molecule has 0 aliphatic heterocycles. The third kappa shape index (κ3) is 5.28. The molecule has 3 rings (SSSR count). The predicted molar refractivity (Wildman–Crippen MR) is 106 cm³/mol. The fourth-order valence-electron chi connectivity index (χ4n) is 2.44. The van der Waals surface area contributed by atoms with Gasteiger partial charge in [0, 0.05) is 11.6 Å². The number of halogens is 1. The zero-order valence-corrected chi connectivity index (χ0v) is 16.2. The molecule has 1 aromatic heterocycles. The van der Waals surface area contributed by atoms with Gasteiger partial charge in [-0.25, -0.2) is 19.2 Å². The van der Waals surface area contributed by atoms with Gasteiger partial charge in [0.1, 0.15) is 29.7 Å². The average molecular weight is 411 g/mol. The highest BCUT2D eigenvalue weighted by Gasteiger charge is 2.15. The van der Waals surface area contributed by atoms with Crippen LogP contribution in [0.3, 0.4) is 0 Å². The van der Waals surface area contributed by atoms with Gasteiger partial charge >= 0.3 is 11.9 Å². The number of hydrogen-bond donors (Lipinski definition) is 1. The highest BCUT2D eigenvalue weighted by Crippen LogP contribution is 2.26. The molecule has 154 valence electrons. The van der Waals surface area contributed by atoms with Crippen LogP contribution < -0.4 is 10.1 Å². The summed E-state index contributed by atoms with van der Waals surface area (Å²) in [6.45, 7) is -0.127. The second-order valence-corrected chi connectivity index (χ2v) is 5.96. The highest BCUT2D eigenvalue weighted by molar-refractivity contribution is 5.86. The lowest BCUT2D eigenvalue weighted by atomic mass is 10.1. The van der Waals surface area contributed by atoms with Gasteiger partial charge in [0.25, 0.3) is 0 Å². The SMILES string of the molecule is COC(=O)CNc1cc(-c2ccc(Oc3ccc(F)cc3)cc2)nc(C(=O)OC)n1. The summed E-state index contributed by atoms with van der Waals surface area (Å²) in [5.74, 6) is -0.415. The number of nitrogens with zero attached hydrogens (tertiary/aromatic N) is 2. The average Bonchev–Trinajstić information content (AvgIpc) is 2.78. The van der Waals surface area contributed by atoms with Gasteiger partial charge in [-0.3, -0.25) is 4.79 Å². The topological polar surface area (TPSA) is 99.6 Å². The van der Waals surface area contributed by atoms with Gasteiger partial charge in [0.05, 0.1) is 19.9 Å². The molecule has 30 heavy (non-hydrogen) atoms. The molecule has 0 amide bonds. The molecule has 0 atom stereocenters. The Balaban J connectivity index is 1.84. The van der Waals surface area contributed by atoms with E-state index in [4.69, 9.17) is 9.47 Å². The standard InChI is InChI=1S/C21H18FN3O5/c1-28-19(26)12-23-18-11-17(24-20(25-18)21(27)29-2)13-3-7-15(8-4-13)30-16-9-5-14(22)6-10-16/h3-11H,12H2,1-2H3,(H,23,24,25). The summed E-state index contributed by atoms with van der Waals surface area (Å²) in [4.78, 5) is 31.6. The molecule has 8 nitrogen and oxygen atoms in total. The molecule has 1 N–H and O–H groups in total. The summed E-state index contributed by atoms with van der Waals surface area (Å²) in [7, 11) is 2.49. The van der Waals surface area contributed by atoms with E-state index in [0.29, 0.717) is 22.8 Å². The van der Waals surface area contributed by atoms with Crippen molar-refractivity contribution in [2.24, 2.45) is 0 Å². The molecule has 0 aliphatic rings. The number of ether oxygens (including phenoxy) is 3. The second-order valence-electron chi connectivity index (χ2n) is 5.96. The minimum absolute atomic E-state index is 0.127. The summed E-state index contributed by atoms with van der Waals surface area (Å²) in [6.07, 6.45) is 0. The molecule has 0 bridgehead atoms. The van der Waals surface area contributed by atoms with Crippen LogP contribution >= 0.6 is 0 Å². The maximum absolute atomic E-state index is 13.0. The lowest BCUT2D eigenvalue weighted by molar-refractivity contribution is -0.138. The summed E-state index contributed by atoms with van der Waals surface area (Å²) in [5.41, 5.74) is 1.11. The summed E-state index contributed by atoms with van der Waals surface area (Å²) >= 11 is 0. The van der Waals surface area contributed by atoms with Crippen LogP contribution in [-0.4, -0.2) is 42.7 Å². The van der Waals surface area contributed by atoms with Gasteiger partial charge in [0.15, 0.2) is 0 Å². The van der Waals surface area contributed by atoms with E-state index in [1.807, 2.05) is 0 Å². The van der Waals surface area contributed by atoms with Gasteiger partial charge in [-0.1, -0.05) is 0 Å². The molecule has 9 heteroatoms. The number of benzene rings is 2. The maximum atomic E-state index is 13.0. The van der Waals surface area contributed by atoms with Crippen LogP contribution in [0.1, 0.15) is 10.6 Å². The van der Waals surface area contributed by atoms with Gasteiger partial charge in [-0.05, 0) is 48.5 Å². The van der Waals surface area contributed by atoms with Crippen LogP contribution in [0.4, 0.5) is 10.2 Å². The molecule has 0 unspecified atom stereocenters. The molecule has 0 saturated carbocycles. The first kappa shape index (κ1) is 20.7. The van der Waals surface area contributed by atoms with Gasteiger partial charge in [-0.15, -0.1) is 0 Å². The number of carbonyl (C=O) groups excluding carboxylic acids is 2. The highest BCUT2D eigenvalue weighted by atomic mass is 19.1. The van der Waals surface area contributed by atoms with E-state index in [0.717, 1.165) is 0 Å². The van der Waals surface area contributed by atoms with Gasteiger partial charge in [0.2, 0.25) is 5.82 Å². The van der Waals surface area contributed by atoms with Crippen molar-refractivity contribution in [3.63, 3.8) is 0 Å². The molecule has 0 spiro atoms. The summed E-state index contributed by atoms with van der Waals surface area (Å²) in [6, 6.07) is 14.2. The van der Waals surface area contributed by atoms with Crippen molar-refractivity contribution >= 4 is 17.8 Å². The Hall–Kier alpha value is -4.01. The first-order valence-electron chi connectivity index (χ1n) is 8.80. The molecule has 1 heterocycles. The molecule has 0 aliphatic carbocycles. The van der Waals surface area contributed by atoms with E-state index in [-0.39, 0.29) is 24.0 Å². The van der Waals surface area contributed by atoms with E-state index < -0.39 is 11.9 Å². The van der Waals surface area contributed by atoms with E-state index in [1.165, 1.54) is 38.5 Å². The van der Waals surface area contributed by atoms with E-state index in [1.54, 1.807) is 30.3 Å². The van der Waals surface area contributed by atoms with Crippen molar-refractivity contribution in [3.8, 4) is 22.8 Å². The second kappa shape index (κ2) is 9.46. The van der Waals surface area contributed by atoms with Crippen molar-refractivity contribution in [1.29, 1.82) is 0 Å². The number of hydrogen-bond acceptors (Lipinski definition) is 8. The monoisotopic (exact) mass is 411 g/mol. The Morgan fingerprint density at radius 2 is 1.57 bits per heavy atom. The lowest BCUT2D eigenvalue weighted by Crippen LogP contribution is -2.17. The van der Waals surface area contributed by atoms with Crippen LogP contribution in [0, 0.1) is 5.82 Å². The number of aromatic nitrogens is 2. The van der Waals surface area contributed by atoms with Crippen LogP contribution in [0.15, 0.2) is 54.6 Å². The summed E-state index contributed by atoms with van der Waals surface area (Å²) in [5, 5.41) is 2.78. The number of nitrogens with one attached hydrogen (secondary N) is 1. The minimum Gasteiger partial charge on any atom is -0.468 e. The van der Waals surface area contributed by atoms with Crippen molar-refractivity contribution < 1.29 is 28.2 Å². The van der Waals surface area contributed by atoms with Crippen molar-refractivity contribution in [1.82, 2.24) is 9.97 Å². The van der Waals surface area contributed by atoms with Crippen LogP contribution in [-0.2, 0) is 14.3 Å². The predicted octanol–water partition coefficient (Wildman–Crippen LogP) is 3.45. The molecule has 0 radical (unpaired) electrons. The Labute approximate surface area is 171 Å². The minimum atomic E-state index is -0.714. The Kier molecular flexibility index (Phi) is 6.53. The molecule has 0 fully saturated rings. The quantitative estimate of drug-likeness (QED) is 0.590. The first-order chi connectivity index (χ1) is 14.5.